The summed E-state index contributed by atoms with van der Waals surface area (Å²) >= 11 is 4.39. The van der Waals surface area contributed by atoms with Crippen molar-refractivity contribution in [3.05, 3.63) is 14.7 Å². The van der Waals surface area contributed by atoms with Crippen LogP contribution in [0.5, 0.6) is 0 Å². The number of thiophene rings is 1. The summed E-state index contributed by atoms with van der Waals surface area (Å²) < 4.78 is 26.9. The molecular weight excluding hydrogens is 372 g/mol. The maximum Gasteiger partial charge on any atom is 0.321 e. The van der Waals surface area contributed by atoms with Crippen molar-refractivity contribution in [1.29, 1.82) is 0 Å². The lowest BCUT2D eigenvalue weighted by atomic mass is 10.2. The molecular formula is C10H13BrN2O5S2. The minimum absolute atomic E-state index is 0.0136. The molecule has 0 aliphatic heterocycles. The van der Waals surface area contributed by atoms with E-state index in [4.69, 9.17) is 10.8 Å². The van der Waals surface area contributed by atoms with Gasteiger partial charge in [0.25, 0.3) is 0 Å². The molecule has 0 spiro atoms. The van der Waals surface area contributed by atoms with Crippen molar-refractivity contribution in [2.24, 2.45) is 5.73 Å². The van der Waals surface area contributed by atoms with Crippen LogP contribution < -0.4 is 10.5 Å². The molecule has 0 bridgehead atoms. The minimum atomic E-state index is -3.96. The van der Waals surface area contributed by atoms with Gasteiger partial charge < -0.3 is 10.8 Å². The van der Waals surface area contributed by atoms with Gasteiger partial charge in [-0.05, 0) is 35.3 Å². The molecule has 0 saturated heterocycles. The van der Waals surface area contributed by atoms with Crippen molar-refractivity contribution >= 4 is 49.2 Å². The molecule has 10 heteroatoms. The zero-order valence-corrected chi connectivity index (χ0v) is 13.6. The zero-order chi connectivity index (χ0) is 15.5. The normalized spacial score (nSPS) is 13.1. The summed E-state index contributed by atoms with van der Waals surface area (Å²) in [6.45, 7) is 1.61. The molecule has 0 saturated carbocycles. The first kappa shape index (κ1) is 17.1. The zero-order valence-electron chi connectivity index (χ0n) is 10.4. The van der Waals surface area contributed by atoms with E-state index in [9.17, 15) is 18.0 Å². The standard InChI is InChI=1S/C10H13BrN2O5S2/c1-5-7(4-8(11)19-5)20(17,18)13-6(10(15)16)2-3-9(12)14/h4,6,13H,2-3H2,1H3,(H2,12,14)(H,15,16)/t6-/m0/s1. The fourth-order valence-corrected chi connectivity index (χ4v) is 5.11. The Morgan fingerprint density at radius 3 is 2.55 bits per heavy atom. The maximum absolute atomic E-state index is 12.1. The number of rotatable bonds is 7. The van der Waals surface area contributed by atoms with Gasteiger partial charge in [-0.2, -0.15) is 4.72 Å². The number of sulfonamides is 1. The van der Waals surface area contributed by atoms with Crippen molar-refractivity contribution in [2.75, 3.05) is 0 Å². The van der Waals surface area contributed by atoms with E-state index < -0.39 is 27.9 Å². The van der Waals surface area contributed by atoms with Crippen LogP contribution in [0.15, 0.2) is 14.7 Å². The lowest BCUT2D eigenvalue weighted by Gasteiger charge is -2.13. The lowest BCUT2D eigenvalue weighted by molar-refractivity contribution is -0.139. The van der Waals surface area contributed by atoms with Crippen LogP contribution in [0.25, 0.3) is 0 Å². The molecule has 1 aromatic rings. The topological polar surface area (TPSA) is 127 Å². The van der Waals surface area contributed by atoms with Crippen LogP contribution >= 0.6 is 27.3 Å². The molecule has 20 heavy (non-hydrogen) atoms. The number of carbonyl (C=O) groups is 2. The summed E-state index contributed by atoms with van der Waals surface area (Å²) in [4.78, 5) is 22.2. The highest BCUT2D eigenvalue weighted by Crippen LogP contribution is 2.29. The molecule has 0 unspecified atom stereocenters. The molecule has 1 atom stereocenters. The van der Waals surface area contributed by atoms with E-state index in [1.807, 2.05) is 0 Å². The van der Waals surface area contributed by atoms with Crippen molar-refractivity contribution in [3.8, 4) is 0 Å². The number of carboxylic acid groups (broad SMARTS) is 1. The van der Waals surface area contributed by atoms with Gasteiger partial charge >= 0.3 is 5.97 Å². The predicted molar refractivity (Wildman–Crippen MR) is 76.9 cm³/mol. The summed E-state index contributed by atoms with van der Waals surface area (Å²) in [6.07, 6.45) is -0.417. The largest absolute Gasteiger partial charge is 0.480 e. The van der Waals surface area contributed by atoms with Gasteiger partial charge in [0, 0.05) is 11.3 Å². The van der Waals surface area contributed by atoms with E-state index in [1.165, 1.54) is 17.4 Å². The van der Waals surface area contributed by atoms with Gasteiger partial charge in [0.2, 0.25) is 15.9 Å². The Bertz CT molecular complexity index is 626. The molecule has 1 amide bonds. The summed E-state index contributed by atoms with van der Waals surface area (Å²) in [5, 5.41) is 8.99. The third kappa shape index (κ3) is 4.54. The molecule has 0 fully saturated rings. The second-order valence-electron chi connectivity index (χ2n) is 3.99. The summed E-state index contributed by atoms with van der Waals surface area (Å²) in [5.41, 5.74) is 4.93. The Kier molecular flexibility index (Phi) is 5.68. The Labute approximate surface area is 128 Å². The van der Waals surface area contributed by atoms with E-state index >= 15 is 0 Å². The maximum atomic E-state index is 12.1. The predicted octanol–water partition coefficient (Wildman–Crippen LogP) is 0.816. The number of primary amides is 1. The molecule has 7 nitrogen and oxygen atoms in total. The highest BCUT2D eigenvalue weighted by molar-refractivity contribution is 9.11. The quantitative estimate of drug-likeness (QED) is 0.640. The number of aliphatic carboxylic acids is 1. The molecule has 1 rings (SSSR count). The van der Waals surface area contributed by atoms with Gasteiger partial charge in [-0.1, -0.05) is 0 Å². The number of hydrogen-bond acceptors (Lipinski definition) is 5. The third-order valence-electron chi connectivity index (χ3n) is 2.41. The van der Waals surface area contributed by atoms with Crippen LogP contribution in [0.2, 0.25) is 0 Å². The van der Waals surface area contributed by atoms with Crippen LogP contribution in [0.1, 0.15) is 17.7 Å². The number of nitrogens with one attached hydrogen (secondary N) is 1. The molecule has 112 valence electrons. The van der Waals surface area contributed by atoms with Crippen molar-refractivity contribution in [2.45, 2.75) is 30.7 Å². The Balaban J connectivity index is 2.94. The van der Waals surface area contributed by atoms with Crippen LogP contribution in [0.4, 0.5) is 0 Å². The van der Waals surface area contributed by atoms with Crippen LogP contribution in [0.3, 0.4) is 0 Å². The molecule has 0 radical (unpaired) electrons. The summed E-state index contributed by atoms with van der Waals surface area (Å²) in [5.74, 6) is -2.05. The highest BCUT2D eigenvalue weighted by Gasteiger charge is 2.27. The van der Waals surface area contributed by atoms with Gasteiger partial charge in [0.15, 0.2) is 0 Å². The number of halogens is 1. The third-order valence-corrected chi connectivity index (χ3v) is 5.69. The average Bonchev–Trinajstić information content (AvgIpc) is 2.64. The van der Waals surface area contributed by atoms with E-state index in [-0.39, 0.29) is 17.7 Å². The minimum Gasteiger partial charge on any atom is -0.480 e. The Morgan fingerprint density at radius 1 is 1.55 bits per heavy atom. The van der Waals surface area contributed by atoms with E-state index in [1.54, 1.807) is 6.92 Å². The average molecular weight is 385 g/mol. The second-order valence-corrected chi connectivity index (χ2v) is 8.31. The number of carboxylic acids is 1. The number of aryl methyl sites for hydroxylation is 1. The molecule has 4 N–H and O–H groups in total. The lowest BCUT2D eigenvalue weighted by Crippen LogP contribution is -2.41. The molecule has 0 aliphatic carbocycles. The summed E-state index contributed by atoms with van der Waals surface area (Å²) in [6, 6.07) is 0.000528. The van der Waals surface area contributed by atoms with Gasteiger partial charge in [0.05, 0.1) is 8.68 Å². The van der Waals surface area contributed by atoms with Crippen LogP contribution in [0, 0.1) is 6.92 Å². The molecule has 1 heterocycles. The Morgan fingerprint density at radius 2 is 2.15 bits per heavy atom. The number of carbonyl (C=O) groups excluding carboxylic acids is 1. The Hall–Kier alpha value is -0.970. The second kappa shape index (κ2) is 6.66. The fourth-order valence-electron chi connectivity index (χ4n) is 1.47. The highest BCUT2D eigenvalue weighted by atomic mass is 79.9. The summed E-state index contributed by atoms with van der Waals surface area (Å²) in [7, 11) is -3.96. The number of amides is 1. The monoisotopic (exact) mass is 384 g/mol. The van der Waals surface area contributed by atoms with Gasteiger partial charge in [0.1, 0.15) is 6.04 Å². The first-order valence-corrected chi connectivity index (χ1v) is 8.52. The molecule has 0 aromatic carbocycles. The van der Waals surface area contributed by atoms with Crippen molar-refractivity contribution in [3.63, 3.8) is 0 Å². The van der Waals surface area contributed by atoms with E-state index in [0.717, 1.165) is 0 Å². The van der Waals surface area contributed by atoms with E-state index in [2.05, 4.69) is 20.7 Å². The molecule has 0 aliphatic rings. The fraction of sp³-hybridized carbons (Fsp3) is 0.400. The molecule has 1 aromatic heterocycles. The SMILES string of the molecule is Cc1sc(Br)cc1S(=O)(=O)N[C@@H](CCC(N)=O)C(=O)O. The number of nitrogens with two attached hydrogens (primary N) is 1. The van der Waals surface area contributed by atoms with E-state index in [0.29, 0.717) is 8.66 Å². The van der Waals surface area contributed by atoms with Crippen LogP contribution in [-0.2, 0) is 19.6 Å². The first-order chi connectivity index (χ1) is 9.13. The van der Waals surface area contributed by atoms with Crippen LogP contribution in [-0.4, -0.2) is 31.4 Å². The number of hydrogen-bond donors (Lipinski definition) is 3. The smallest absolute Gasteiger partial charge is 0.321 e. The first-order valence-electron chi connectivity index (χ1n) is 5.43. The van der Waals surface area contributed by atoms with Gasteiger partial charge in [-0.15, -0.1) is 11.3 Å². The van der Waals surface area contributed by atoms with Crippen molar-refractivity contribution < 1.29 is 23.1 Å². The van der Waals surface area contributed by atoms with Gasteiger partial charge in [-0.3, -0.25) is 9.59 Å². The van der Waals surface area contributed by atoms with Gasteiger partial charge in [-0.25, -0.2) is 8.42 Å². The van der Waals surface area contributed by atoms with Crippen molar-refractivity contribution in [1.82, 2.24) is 4.72 Å².